The minimum Gasteiger partial charge on any atom is -0.250 e. The Morgan fingerprint density at radius 3 is 3.11 bits per heavy atom. The third kappa shape index (κ3) is 2.14. The van der Waals surface area contributed by atoms with Gasteiger partial charge in [0.2, 0.25) is 0 Å². The van der Waals surface area contributed by atoms with E-state index >= 15 is 0 Å². The van der Waals surface area contributed by atoms with Crippen molar-refractivity contribution >= 4 is 11.3 Å². The highest BCUT2D eigenvalue weighted by Crippen LogP contribution is 2.06. The second-order valence-electron chi connectivity index (χ2n) is 2.17. The lowest BCUT2D eigenvalue weighted by Gasteiger charge is -1.97. The monoisotopic (exact) mass is 143 g/mol. The smallest absolute Gasteiger partial charge is 0.0794 e. The van der Waals surface area contributed by atoms with Gasteiger partial charge < -0.3 is 0 Å². The van der Waals surface area contributed by atoms with Crippen molar-refractivity contribution in [3.63, 3.8) is 0 Å². The molecule has 0 radical (unpaired) electrons. The predicted molar refractivity (Wildman–Crippen MR) is 40.7 cm³/mol. The molecule has 0 fully saturated rings. The van der Waals surface area contributed by atoms with Gasteiger partial charge >= 0.3 is 0 Å². The van der Waals surface area contributed by atoms with Gasteiger partial charge in [-0.1, -0.05) is 13.8 Å². The topological polar surface area (TPSA) is 12.9 Å². The van der Waals surface area contributed by atoms with Gasteiger partial charge in [0.15, 0.2) is 0 Å². The van der Waals surface area contributed by atoms with Gasteiger partial charge in [-0.2, -0.15) is 0 Å². The highest BCUT2D eigenvalue weighted by atomic mass is 32.1. The molecular weight excluding hydrogens is 130 g/mol. The largest absolute Gasteiger partial charge is 0.250 e. The van der Waals surface area contributed by atoms with Gasteiger partial charge in [0.25, 0.3) is 0 Å². The average Bonchev–Trinajstić information content (AvgIpc) is 2.37. The molecule has 0 aliphatic heterocycles. The Kier molecular flexibility index (Phi) is 1.47. The molecule has 0 saturated heterocycles. The second kappa shape index (κ2) is 2.97. The standard InChI is InChI=1S/C7H11NS/c1-6(2)3-7-4-9-5-8-7/h4-6H,3H2,1-2H3/i3D2. The molecule has 1 aromatic rings. The van der Waals surface area contributed by atoms with Crippen molar-refractivity contribution in [3.05, 3.63) is 16.6 Å². The van der Waals surface area contributed by atoms with E-state index in [4.69, 9.17) is 2.74 Å². The molecular formula is C7H11NS. The summed E-state index contributed by atoms with van der Waals surface area (Å²) in [7, 11) is 0. The van der Waals surface area contributed by atoms with Gasteiger partial charge in [-0.05, 0) is 12.3 Å². The predicted octanol–water partition coefficient (Wildman–Crippen LogP) is 2.34. The molecule has 0 spiro atoms. The van der Waals surface area contributed by atoms with Crippen molar-refractivity contribution < 1.29 is 2.74 Å². The number of thiazole rings is 1. The fourth-order valence-corrected chi connectivity index (χ4v) is 1.07. The molecule has 0 aliphatic carbocycles. The SMILES string of the molecule is [2H]C([2H])(c1cscn1)C(C)C. The summed E-state index contributed by atoms with van der Waals surface area (Å²) >= 11 is 1.43. The van der Waals surface area contributed by atoms with Crippen LogP contribution in [0.25, 0.3) is 0 Å². The summed E-state index contributed by atoms with van der Waals surface area (Å²) in [5.41, 5.74) is 2.22. The molecule has 0 aromatic carbocycles. The number of rotatable bonds is 2. The second-order valence-corrected chi connectivity index (χ2v) is 2.89. The molecule has 0 bridgehead atoms. The summed E-state index contributed by atoms with van der Waals surface area (Å²) < 4.78 is 15.3. The molecule has 0 unspecified atom stereocenters. The van der Waals surface area contributed by atoms with Crippen LogP contribution in [0, 0.1) is 5.92 Å². The lowest BCUT2D eigenvalue weighted by molar-refractivity contribution is 0.638. The van der Waals surface area contributed by atoms with E-state index in [1.807, 2.05) is 13.8 Å². The van der Waals surface area contributed by atoms with Gasteiger partial charge in [-0.3, -0.25) is 0 Å². The fraction of sp³-hybridized carbons (Fsp3) is 0.571. The quantitative estimate of drug-likeness (QED) is 0.619. The summed E-state index contributed by atoms with van der Waals surface area (Å²) in [6, 6.07) is 0. The Hall–Kier alpha value is -0.370. The van der Waals surface area contributed by atoms with Crippen LogP contribution in [-0.4, -0.2) is 4.98 Å². The average molecular weight is 143 g/mol. The van der Waals surface area contributed by atoms with Gasteiger partial charge in [0.1, 0.15) is 0 Å². The van der Waals surface area contributed by atoms with Gasteiger partial charge in [-0.15, -0.1) is 11.3 Å². The summed E-state index contributed by atoms with van der Waals surface area (Å²) in [5, 5.41) is 1.76. The van der Waals surface area contributed by atoms with Crippen LogP contribution < -0.4 is 0 Å². The van der Waals surface area contributed by atoms with E-state index in [0.29, 0.717) is 5.69 Å². The molecule has 0 amide bonds. The first-order valence-electron chi connectivity index (χ1n) is 3.94. The Balaban J connectivity index is 2.90. The van der Waals surface area contributed by atoms with Crippen molar-refractivity contribution in [3.8, 4) is 0 Å². The van der Waals surface area contributed by atoms with E-state index in [2.05, 4.69) is 4.98 Å². The zero-order chi connectivity index (χ0) is 8.48. The fourth-order valence-electron chi connectivity index (χ4n) is 0.580. The Morgan fingerprint density at radius 1 is 1.89 bits per heavy atom. The van der Waals surface area contributed by atoms with Gasteiger partial charge in [-0.25, -0.2) is 4.98 Å². The molecule has 0 aliphatic rings. The lowest BCUT2D eigenvalue weighted by Crippen LogP contribution is -1.92. The minimum absolute atomic E-state index is 0.0235. The first-order valence-corrected chi connectivity index (χ1v) is 3.88. The number of hydrogen-bond donors (Lipinski definition) is 0. The third-order valence-corrected chi connectivity index (χ3v) is 1.46. The maximum atomic E-state index is 7.65. The van der Waals surface area contributed by atoms with Crippen molar-refractivity contribution in [2.75, 3.05) is 0 Å². The van der Waals surface area contributed by atoms with Crippen LogP contribution in [0.4, 0.5) is 0 Å². The Morgan fingerprint density at radius 2 is 2.67 bits per heavy atom. The highest BCUT2D eigenvalue weighted by Gasteiger charge is 1.97. The van der Waals surface area contributed by atoms with Crippen LogP contribution >= 0.6 is 11.3 Å². The summed E-state index contributed by atoms with van der Waals surface area (Å²) in [5.74, 6) is -0.0235. The number of nitrogens with zero attached hydrogens (tertiary/aromatic N) is 1. The molecule has 1 rings (SSSR count). The highest BCUT2D eigenvalue weighted by molar-refractivity contribution is 7.07. The maximum absolute atomic E-state index is 7.65. The van der Waals surface area contributed by atoms with Crippen LogP contribution in [0.3, 0.4) is 0 Å². The van der Waals surface area contributed by atoms with E-state index < -0.39 is 6.37 Å². The summed E-state index contributed by atoms with van der Waals surface area (Å²) in [4.78, 5) is 3.95. The van der Waals surface area contributed by atoms with Crippen LogP contribution in [0.1, 0.15) is 22.3 Å². The summed E-state index contributed by atoms with van der Waals surface area (Å²) in [6.45, 7) is 3.72. The van der Waals surface area contributed by atoms with Crippen LogP contribution in [-0.2, 0) is 6.37 Å². The van der Waals surface area contributed by atoms with E-state index in [1.165, 1.54) is 11.3 Å². The minimum atomic E-state index is -1.28. The lowest BCUT2D eigenvalue weighted by atomic mass is 10.1. The molecule has 1 nitrogen and oxygen atoms in total. The molecule has 9 heavy (non-hydrogen) atoms. The Labute approximate surface area is 62.6 Å². The zero-order valence-electron chi connectivity index (χ0n) is 7.59. The molecule has 0 atom stereocenters. The first-order chi connectivity index (χ1) is 5.05. The van der Waals surface area contributed by atoms with Crippen LogP contribution in [0.5, 0.6) is 0 Å². The number of aromatic nitrogens is 1. The van der Waals surface area contributed by atoms with E-state index in [-0.39, 0.29) is 5.92 Å². The van der Waals surface area contributed by atoms with Crippen molar-refractivity contribution in [1.82, 2.24) is 4.98 Å². The van der Waals surface area contributed by atoms with E-state index in [1.54, 1.807) is 10.9 Å². The normalized spacial score (nSPS) is 15.4. The molecule has 2 heteroatoms. The zero-order valence-corrected chi connectivity index (χ0v) is 6.40. The Bertz CT molecular complexity index is 218. The molecule has 50 valence electrons. The van der Waals surface area contributed by atoms with Crippen molar-refractivity contribution in [2.24, 2.45) is 5.92 Å². The first kappa shape index (κ1) is 4.45. The van der Waals surface area contributed by atoms with Crippen molar-refractivity contribution in [1.29, 1.82) is 0 Å². The number of hydrogen-bond acceptors (Lipinski definition) is 2. The maximum Gasteiger partial charge on any atom is 0.0794 e. The van der Waals surface area contributed by atoms with Gasteiger partial charge in [0, 0.05) is 8.12 Å². The molecule has 1 heterocycles. The van der Waals surface area contributed by atoms with Crippen molar-refractivity contribution in [2.45, 2.75) is 20.2 Å². The van der Waals surface area contributed by atoms with Crippen LogP contribution in [0.2, 0.25) is 0 Å². The summed E-state index contributed by atoms with van der Waals surface area (Å²) in [6.07, 6.45) is -1.28. The molecule has 0 saturated carbocycles. The third-order valence-electron chi connectivity index (χ3n) is 0.869. The van der Waals surface area contributed by atoms with Crippen LogP contribution in [0.15, 0.2) is 10.9 Å². The van der Waals surface area contributed by atoms with E-state index in [9.17, 15) is 0 Å². The molecule has 0 N–H and O–H groups in total. The van der Waals surface area contributed by atoms with E-state index in [0.717, 1.165) is 0 Å². The molecule has 1 aromatic heterocycles. The van der Waals surface area contributed by atoms with Gasteiger partial charge in [0.05, 0.1) is 11.2 Å².